The van der Waals surface area contributed by atoms with Crippen LogP contribution in [0.15, 0.2) is 24.3 Å². The van der Waals surface area contributed by atoms with Crippen LogP contribution in [0.5, 0.6) is 5.75 Å². The van der Waals surface area contributed by atoms with Crippen LogP contribution in [0.4, 0.5) is 10.1 Å². The molecule has 108 valence electrons. The maximum Gasteiger partial charge on any atom is 0.167 e. The highest BCUT2D eigenvalue weighted by atomic mass is 35.5. The monoisotopic (exact) mass is 333 g/mol. The Bertz CT molecular complexity index is 603. The highest BCUT2D eigenvalue weighted by molar-refractivity contribution is 7.20. The molecule has 0 saturated heterocycles. The fraction of sp³-hybridized carbons (Fsp3) is 0.286. The Hall–Kier alpha value is -0.970. The topological polar surface area (TPSA) is 21.3 Å². The van der Waals surface area contributed by atoms with Crippen molar-refractivity contribution in [3.8, 4) is 5.75 Å². The van der Waals surface area contributed by atoms with Crippen molar-refractivity contribution in [1.82, 2.24) is 0 Å². The van der Waals surface area contributed by atoms with E-state index in [1.165, 1.54) is 17.4 Å². The first-order valence-corrected chi connectivity index (χ1v) is 7.72. The summed E-state index contributed by atoms with van der Waals surface area (Å²) in [5.41, 5.74) is 1.56. The van der Waals surface area contributed by atoms with E-state index in [1.807, 2.05) is 19.9 Å². The molecule has 0 aliphatic rings. The lowest BCUT2D eigenvalue weighted by atomic mass is 10.1. The molecule has 2 aromatic rings. The van der Waals surface area contributed by atoms with Crippen molar-refractivity contribution in [2.45, 2.75) is 19.9 Å². The van der Waals surface area contributed by atoms with E-state index in [9.17, 15) is 4.39 Å². The second kappa shape index (κ2) is 6.66. The van der Waals surface area contributed by atoms with Crippen molar-refractivity contribution in [1.29, 1.82) is 0 Å². The predicted molar refractivity (Wildman–Crippen MR) is 83.9 cm³/mol. The molecule has 1 aromatic heterocycles. The molecule has 1 unspecified atom stereocenters. The number of halogens is 3. The van der Waals surface area contributed by atoms with Gasteiger partial charge in [-0.25, -0.2) is 4.39 Å². The Balaban J connectivity index is 2.13. The second-order valence-corrected chi connectivity index (χ2v) is 6.51. The van der Waals surface area contributed by atoms with Crippen LogP contribution < -0.4 is 10.1 Å². The Morgan fingerprint density at radius 1 is 1.35 bits per heavy atom. The summed E-state index contributed by atoms with van der Waals surface area (Å²) in [5, 5.41) is 3.19. The van der Waals surface area contributed by atoms with E-state index in [-0.39, 0.29) is 11.8 Å². The molecule has 0 aliphatic carbocycles. The number of thiophene rings is 1. The molecule has 2 rings (SSSR count). The maximum atomic E-state index is 13.8. The van der Waals surface area contributed by atoms with Gasteiger partial charge in [-0.2, -0.15) is 0 Å². The molecule has 0 aliphatic heterocycles. The number of hydrogen-bond acceptors (Lipinski definition) is 3. The number of nitrogens with one attached hydrogen (secondary N) is 1. The summed E-state index contributed by atoms with van der Waals surface area (Å²) in [4.78, 5) is 0. The Morgan fingerprint density at radius 2 is 2.10 bits per heavy atom. The van der Waals surface area contributed by atoms with E-state index in [0.717, 1.165) is 5.56 Å². The van der Waals surface area contributed by atoms with Crippen molar-refractivity contribution < 1.29 is 9.13 Å². The average molecular weight is 334 g/mol. The minimum absolute atomic E-state index is 0.0661. The zero-order chi connectivity index (χ0) is 14.7. The smallest absolute Gasteiger partial charge is 0.167 e. The predicted octanol–water partition coefficient (Wildman–Crippen LogP) is 5.77. The van der Waals surface area contributed by atoms with Crippen molar-refractivity contribution >= 4 is 40.2 Å². The zero-order valence-electron chi connectivity index (χ0n) is 11.0. The third-order valence-electron chi connectivity index (χ3n) is 2.76. The van der Waals surface area contributed by atoms with Gasteiger partial charge in [0.05, 0.1) is 21.3 Å². The van der Waals surface area contributed by atoms with Crippen LogP contribution in [-0.2, 0) is 0 Å². The van der Waals surface area contributed by atoms with Crippen molar-refractivity contribution in [2.24, 2.45) is 0 Å². The molecule has 1 aromatic carbocycles. The van der Waals surface area contributed by atoms with Gasteiger partial charge in [0.25, 0.3) is 0 Å². The third kappa shape index (κ3) is 3.57. The highest BCUT2D eigenvalue weighted by Gasteiger charge is 2.14. The molecular formula is C14H14Cl2FNOS. The van der Waals surface area contributed by atoms with Crippen LogP contribution in [-0.4, -0.2) is 6.61 Å². The summed E-state index contributed by atoms with van der Waals surface area (Å²) >= 11 is 13.3. The Labute approximate surface area is 131 Å². The van der Waals surface area contributed by atoms with Gasteiger partial charge in [0.1, 0.15) is 0 Å². The Kier molecular flexibility index (Phi) is 5.13. The van der Waals surface area contributed by atoms with Crippen molar-refractivity contribution in [3.63, 3.8) is 0 Å². The molecule has 6 heteroatoms. The molecular weight excluding hydrogens is 320 g/mol. The number of anilines is 1. The summed E-state index contributed by atoms with van der Waals surface area (Å²) in [6.07, 6.45) is 0. The fourth-order valence-electron chi connectivity index (χ4n) is 1.84. The van der Waals surface area contributed by atoms with Crippen molar-refractivity contribution in [3.05, 3.63) is 44.3 Å². The van der Waals surface area contributed by atoms with E-state index in [0.29, 0.717) is 21.0 Å². The molecule has 0 bridgehead atoms. The van der Waals surface area contributed by atoms with E-state index in [2.05, 4.69) is 5.32 Å². The maximum absolute atomic E-state index is 13.8. The van der Waals surface area contributed by atoms with Gasteiger partial charge < -0.3 is 10.1 Å². The molecule has 1 atom stereocenters. The molecule has 2 nitrogen and oxygen atoms in total. The SMILES string of the molecule is CCOc1ccc(NC(C)c2cc(Cl)sc2Cl)cc1F. The lowest BCUT2D eigenvalue weighted by Gasteiger charge is -2.15. The number of benzene rings is 1. The first kappa shape index (κ1) is 15.4. The standard InChI is InChI=1S/C14H14Cl2FNOS/c1-3-19-12-5-4-9(6-11(12)17)18-8(2)10-7-13(15)20-14(10)16/h4-8,18H,3H2,1-2H3. The number of ether oxygens (including phenoxy) is 1. The van der Waals surface area contributed by atoms with Crippen LogP contribution >= 0.6 is 34.5 Å². The van der Waals surface area contributed by atoms with Crippen LogP contribution in [0.25, 0.3) is 0 Å². The van der Waals surface area contributed by atoms with Gasteiger partial charge in [0.2, 0.25) is 0 Å². The largest absolute Gasteiger partial charge is 0.491 e. The van der Waals surface area contributed by atoms with E-state index < -0.39 is 5.82 Å². The number of rotatable bonds is 5. The van der Waals surface area contributed by atoms with Crippen LogP contribution in [0.2, 0.25) is 8.67 Å². The second-order valence-electron chi connectivity index (χ2n) is 4.22. The first-order valence-electron chi connectivity index (χ1n) is 6.15. The van der Waals surface area contributed by atoms with Gasteiger partial charge >= 0.3 is 0 Å². The average Bonchev–Trinajstić information content (AvgIpc) is 2.72. The molecule has 0 spiro atoms. The highest BCUT2D eigenvalue weighted by Crippen LogP contribution is 2.36. The lowest BCUT2D eigenvalue weighted by molar-refractivity contribution is 0.321. The molecule has 0 amide bonds. The molecule has 0 radical (unpaired) electrons. The summed E-state index contributed by atoms with van der Waals surface area (Å²) in [7, 11) is 0. The molecule has 1 heterocycles. The van der Waals surface area contributed by atoms with E-state index in [4.69, 9.17) is 27.9 Å². The summed E-state index contributed by atoms with van der Waals surface area (Å²) in [6.45, 7) is 4.19. The molecule has 0 saturated carbocycles. The van der Waals surface area contributed by atoms with Crippen LogP contribution in [0, 0.1) is 5.82 Å². The molecule has 0 fully saturated rings. The minimum Gasteiger partial charge on any atom is -0.491 e. The number of hydrogen-bond donors (Lipinski definition) is 1. The van der Waals surface area contributed by atoms with Gasteiger partial charge in [-0.1, -0.05) is 23.2 Å². The van der Waals surface area contributed by atoms with Crippen LogP contribution in [0.3, 0.4) is 0 Å². The quantitative estimate of drug-likeness (QED) is 0.750. The van der Waals surface area contributed by atoms with Gasteiger partial charge in [0.15, 0.2) is 11.6 Å². The van der Waals surface area contributed by atoms with Gasteiger partial charge in [0, 0.05) is 17.3 Å². The zero-order valence-corrected chi connectivity index (χ0v) is 13.4. The molecule has 20 heavy (non-hydrogen) atoms. The summed E-state index contributed by atoms with van der Waals surface area (Å²) < 4.78 is 20.2. The fourth-order valence-corrected chi connectivity index (χ4v) is 3.48. The van der Waals surface area contributed by atoms with Gasteiger partial charge in [-0.15, -0.1) is 11.3 Å². The van der Waals surface area contributed by atoms with Crippen LogP contribution in [0.1, 0.15) is 25.5 Å². The van der Waals surface area contributed by atoms with Gasteiger partial charge in [-0.05, 0) is 32.0 Å². The third-order valence-corrected chi connectivity index (χ3v) is 4.28. The first-order chi connectivity index (χ1) is 9.51. The summed E-state index contributed by atoms with van der Waals surface area (Å²) in [6, 6.07) is 6.53. The lowest BCUT2D eigenvalue weighted by Crippen LogP contribution is -2.06. The molecule has 1 N–H and O–H groups in total. The Morgan fingerprint density at radius 3 is 2.65 bits per heavy atom. The normalized spacial score (nSPS) is 12.2. The van der Waals surface area contributed by atoms with E-state index >= 15 is 0 Å². The van der Waals surface area contributed by atoms with E-state index in [1.54, 1.807) is 12.1 Å². The minimum atomic E-state index is -0.390. The van der Waals surface area contributed by atoms with Gasteiger partial charge in [-0.3, -0.25) is 0 Å². The summed E-state index contributed by atoms with van der Waals surface area (Å²) in [5.74, 6) is -0.138. The van der Waals surface area contributed by atoms with Crippen molar-refractivity contribution in [2.75, 3.05) is 11.9 Å².